The van der Waals surface area contributed by atoms with Crippen molar-refractivity contribution in [1.82, 2.24) is 0 Å². The molecule has 0 aliphatic rings. The van der Waals surface area contributed by atoms with Crippen molar-refractivity contribution in [3.63, 3.8) is 0 Å². The number of hydrogen-bond acceptors (Lipinski definition) is 1. The van der Waals surface area contributed by atoms with Gasteiger partial charge in [-0.05, 0) is 19.1 Å². The van der Waals surface area contributed by atoms with E-state index in [0.29, 0.717) is 0 Å². The van der Waals surface area contributed by atoms with E-state index in [4.69, 9.17) is 17.3 Å². The molecule has 1 rings (SSSR count). The maximum Gasteiger partial charge on any atom is 0.149 e. The summed E-state index contributed by atoms with van der Waals surface area (Å²) in [6, 6.07) is 1.58. The summed E-state index contributed by atoms with van der Waals surface area (Å²) in [6.45, 7) is 1.50. The van der Waals surface area contributed by atoms with Gasteiger partial charge in [-0.15, -0.1) is 12.4 Å². The van der Waals surface area contributed by atoms with Crippen LogP contribution in [-0.4, -0.2) is 0 Å². The second-order valence-corrected chi connectivity index (χ2v) is 2.95. The van der Waals surface area contributed by atoms with Gasteiger partial charge in [-0.2, -0.15) is 0 Å². The van der Waals surface area contributed by atoms with Crippen LogP contribution in [0.2, 0.25) is 5.02 Å². The topological polar surface area (TPSA) is 26.0 Å². The quantitative estimate of drug-likeness (QED) is 0.734. The van der Waals surface area contributed by atoms with Crippen molar-refractivity contribution in [2.75, 3.05) is 0 Å². The molecule has 13 heavy (non-hydrogen) atoms. The fourth-order valence-electron chi connectivity index (χ4n) is 0.960. The van der Waals surface area contributed by atoms with Gasteiger partial charge in [-0.3, -0.25) is 0 Å². The predicted octanol–water partition coefficient (Wildman–Crippen LogP) is 3.06. The van der Waals surface area contributed by atoms with Crippen LogP contribution >= 0.6 is 24.0 Å². The third-order valence-electron chi connectivity index (χ3n) is 1.53. The van der Waals surface area contributed by atoms with Crippen LogP contribution in [0.3, 0.4) is 0 Å². The van der Waals surface area contributed by atoms with Crippen molar-refractivity contribution < 1.29 is 8.78 Å². The van der Waals surface area contributed by atoms with Crippen molar-refractivity contribution >= 4 is 24.0 Å². The number of nitrogens with two attached hydrogens (primary N) is 1. The lowest BCUT2D eigenvalue weighted by Crippen LogP contribution is -2.10. The van der Waals surface area contributed by atoms with E-state index in [9.17, 15) is 8.78 Å². The van der Waals surface area contributed by atoms with E-state index in [-0.39, 0.29) is 23.0 Å². The first-order valence-corrected chi connectivity index (χ1v) is 3.80. The van der Waals surface area contributed by atoms with Crippen LogP contribution in [-0.2, 0) is 0 Å². The van der Waals surface area contributed by atoms with Crippen LogP contribution in [0.1, 0.15) is 18.5 Å². The lowest BCUT2D eigenvalue weighted by Gasteiger charge is -2.08. The maximum atomic E-state index is 13.1. The molecule has 0 fully saturated rings. The summed E-state index contributed by atoms with van der Waals surface area (Å²) in [5.41, 5.74) is 5.18. The van der Waals surface area contributed by atoms with Gasteiger partial charge in [0.2, 0.25) is 0 Å². The zero-order valence-corrected chi connectivity index (χ0v) is 8.42. The first-order chi connectivity index (χ1) is 5.54. The van der Waals surface area contributed by atoms with Crippen LogP contribution in [0.15, 0.2) is 12.1 Å². The molecule has 0 amide bonds. The van der Waals surface area contributed by atoms with Gasteiger partial charge in [-0.1, -0.05) is 11.6 Å². The van der Waals surface area contributed by atoms with Gasteiger partial charge in [-0.25, -0.2) is 8.78 Å². The van der Waals surface area contributed by atoms with Gasteiger partial charge in [0.05, 0.1) is 5.02 Å². The monoisotopic (exact) mass is 227 g/mol. The van der Waals surface area contributed by atoms with Crippen LogP contribution in [0.25, 0.3) is 0 Å². The highest BCUT2D eigenvalue weighted by Crippen LogP contribution is 2.24. The van der Waals surface area contributed by atoms with Gasteiger partial charge in [0.25, 0.3) is 0 Å². The zero-order chi connectivity index (χ0) is 9.30. The minimum Gasteiger partial charge on any atom is -0.324 e. The average molecular weight is 228 g/mol. The van der Waals surface area contributed by atoms with Crippen LogP contribution < -0.4 is 5.73 Å². The molecular weight excluding hydrogens is 219 g/mol. The molecule has 0 radical (unpaired) electrons. The highest BCUT2D eigenvalue weighted by atomic mass is 35.5. The highest BCUT2D eigenvalue weighted by molar-refractivity contribution is 6.30. The van der Waals surface area contributed by atoms with E-state index in [1.54, 1.807) is 0 Å². The normalized spacial score (nSPS) is 12.1. The SMILES string of the molecule is C[C@H](N)c1c(F)ccc(Cl)c1F.Cl. The smallest absolute Gasteiger partial charge is 0.149 e. The Hall–Kier alpha value is -0.380. The molecule has 0 bridgehead atoms. The second-order valence-electron chi connectivity index (χ2n) is 2.55. The lowest BCUT2D eigenvalue weighted by atomic mass is 10.1. The van der Waals surface area contributed by atoms with Crippen LogP contribution in [0, 0.1) is 11.6 Å². The average Bonchev–Trinajstić information content (AvgIpc) is 1.97. The number of halogens is 4. The summed E-state index contributed by atoms with van der Waals surface area (Å²) >= 11 is 5.43. The van der Waals surface area contributed by atoms with E-state index >= 15 is 0 Å². The second kappa shape index (κ2) is 4.74. The predicted molar refractivity (Wildman–Crippen MR) is 51.2 cm³/mol. The Bertz CT molecular complexity index is 302. The first kappa shape index (κ1) is 12.6. The summed E-state index contributed by atoms with van der Waals surface area (Å²) < 4.78 is 26.0. The van der Waals surface area contributed by atoms with E-state index in [2.05, 4.69) is 0 Å². The van der Waals surface area contributed by atoms with Gasteiger partial charge in [0.1, 0.15) is 11.6 Å². The molecule has 1 atom stereocenters. The molecule has 0 spiro atoms. The van der Waals surface area contributed by atoms with Gasteiger partial charge >= 0.3 is 0 Å². The van der Waals surface area contributed by atoms with E-state index < -0.39 is 17.7 Å². The van der Waals surface area contributed by atoms with Crippen LogP contribution in [0.4, 0.5) is 8.78 Å². The van der Waals surface area contributed by atoms with Crippen molar-refractivity contribution in [3.05, 3.63) is 34.4 Å². The maximum absolute atomic E-state index is 13.1. The molecule has 74 valence electrons. The molecule has 1 aromatic carbocycles. The molecule has 1 nitrogen and oxygen atoms in total. The Balaban J connectivity index is 0.00000144. The molecule has 0 heterocycles. The molecule has 0 aromatic heterocycles. The molecule has 0 aliphatic carbocycles. The number of rotatable bonds is 1. The van der Waals surface area contributed by atoms with Gasteiger partial charge in [0, 0.05) is 11.6 Å². The van der Waals surface area contributed by atoms with Gasteiger partial charge < -0.3 is 5.73 Å². The Labute approximate surface area is 86.3 Å². The van der Waals surface area contributed by atoms with E-state index in [0.717, 1.165) is 12.1 Å². The summed E-state index contributed by atoms with van der Waals surface area (Å²) in [4.78, 5) is 0. The van der Waals surface area contributed by atoms with Crippen LogP contribution in [0.5, 0.6) is 0 Å². The highest BCUT2D eigenvalue weighted by Gasteiger charge is 2.15. The summed E-state index contributed by atoms with van der Waals surface area (Å²) in [5.74, 6) is -1.43. The molecule has 2 N–H and O–H groups in total. The lowest BCUT2D eigenvalue weighted by molar-refractivity contribution is 0.537. The Kier molecular flexibility index (Phi) is 4.61. The van der Waals surface area contributed by atoms with Crippen molar-refractivity contribution in [2.45, 2.75) is 13.0 Å². The summed E-state index contributed by atoms with van der Waals surface area (Å²) in [5, 5.41) is -0.108. The number of hydrogen-bond donors (Lipinski definition) is 1. The van der Waals surface area contributed by atoms with Crippen molar-refractivity contribution in [2.24, 2.45) is 5.73 Å². The largest absolute Gasteiger partial charge is 0.324 e. The first-order valence-electron chi connectivity index (χ1n) is 3.43. The van der Waals surface area contributed by atoms with Crippen molar-refractivity contribution in [1.29, 1.82) is 0 Å². The molecule has 5 heteroatoms. The van der Waals surface area contributed by atoms with Gasteiger partial charge in [0.15, 0.2) is 0 Å². The molecule has 0 saturated carbocycles. The summed E-state index contributed by atoms with van der Waals surface area (Å²) in [6.07, 6.45) is 0. The number of benzene rings is 1. The Morgan fingerprint density at radius 3 is 2.31 bits per heavy atom. The fraction of sp³-hybridized carbons (Fsp3) is 0.250. The minimum absolute atomic E-state index is 0. The third kappa shape index (κ3) is 2.53. The molecule has 0 aliphatic heterocycles. The Morgan fingerprint density at radius 2 is 1.92 bits per heavy atom. The minimum atomic E-state index is -0.772. The molecular formula is C8H9Cl2F2N. The van der Waals surface area contributed by atoms with E-state index in [1.165, 1.54) is 6.92 Å². The summed E-state index contributed by atoms with van der Waals surface area (Å²) in [7, 11) is 0. The molecule has 1 aromatic rings. The van der Waals surface area contributed by atoms with E-state index in [1.807, 2.05) is 0 Å². The Morgan fingerprint density at radius 1 is 1.38 bits per heavy atom. The molecule has 0 unspecified atom stereocenters. The third-order valence-corrected chi connectivity index (χ3v) is 1.83. The zero-order valence-electron chi connectivity index (χ0n) is 6.85. The van der Waals surface area contributed by atoms with Crippen molar-refractivity contribution in [3.8, 4) is 0 Å². The standard InChI is InChI=1S/C8H8ClF2N.ClH/c1-4(12)7-6(10)3-2-5(9)8(7)11;/h2-4H,12H2,1H3;1H/t4-;/m0./s1. The molecule has 0 saturated heterocycles. The fourth-order valence-corrected chi connectivity index (χ4v) is 1.12.